The van der Waals surface area contributed by atoms with Gasteiger partial charge < -0.3 is 5.32 Å². The minimum absolute atomic E-state index is 0.716. The van der Waals surface area contributed by atoms with Crippen molar-refractivity contribution >= 4 is 0 Å². The summed E-state index contributed by atoms with van der Waals surface area (Å²) >= 11 is 0. The summed E-state index contributed by atoms with van der Waals surface area (Å²) in [6, 6.07) is 0.970. The molecule has 1 saturated heterocycles. The van der Waals surface area contributed by atoms with Crippen LogP contribution in [0.25, 0.3) is 0 Å². The average molecular weight is 109 g/mol. The second-order valence-corrected chi connectivity index (χ2v) is 3.73. The van der Waals surface area contributed by atoms with Crippen LogP contribution in [0.5, 0.6) is 0 Å². The predicted molar refractivity (Wildman–Crippen MR) is 31.6 cm³/mol. The van der Waals surface area contributed by atoms with Gasteiger partial charge in [-0.1, -0.05) is 0 Å². The third kappa shape index (κ3) is 0.334. The fourth-order valence-electron chi connectivity index (χ4n) is 2.10. The molecule has 0 aromatic heterocycles. The van der Waals surface area contributed by atoms with E-state index in [9.17, 15) is 0 Å². The van der Waals surface area contributed by atoms with Gasteiger partial charge in [0.05, 0.1) is 0 Å². The first-order valence-electron chi connectivity index (χ1n) is 3.66. The molecule has 2 aliphatic carbocycles. The van der Waals surface area contributed by atoms with Gasteiger partial charge in [0.1, 0.15) is 0 Å². The molecule has 2 saturated carbocycles. The molecule has 3 fully saturated rings. The Labute approximate surface area is 49.5 Å². The monoisotopic (exact) mass is 109 g/mol. The standard InChI is InChI=1S/C7H11N/c1-2-7(1)4-5-3-6(5)8-7/h5-6,8H,1-4H2/t5-,6-/m0/s1. The molecule has 2 atom stereocenters. The van der Waals surface area contributed by atoms with Crippen LogP contribution in [-0.2, 0) is 0 Å². The maximum Gasteiger partial charge on any atom is 0.0188 e. The van der Waals surface area contributed by atoms with Crippen molar-refractivity contribution in [3.8, 4) is 0 Å². The van der Waals surface area contributed by atoms with Gasteiger partial charge >= 0.3 is 0 Å². The molecule has 0 aromatic rings. The Kier molecular flexibility index (Phi) is 0.418. The molecule has 1 spiro atoms. The van der Waals surface area contributed by atoms with E-state index in [1.165, 1.54) is 25.7 Å². The van der Waals surface area contributed by atoms with Crippen LogP contribution in [0.1, 0.15) is 25.7 Å². The third-order valence-electron chi connectivity index (χ3n) is 2.92. The van der Waals surface area contributed by atoms with Crippen molar-refractivity contribution in [2.75, 3.05) is 0 Å². The molecule has 1 heterocycles. The van der Waals surface area contributed by atoms with Crippen LogP contribution in [-0.4, -0.2) is 11.6 Å². The Bertz CT molecular complexity index is 125. The van der Waals surface area contributed by atoms with Gasteiger partial charge in [-0.2, -0.15) is 0 Å². The topological polar surface area (TPSA) is 12.0 Å². The molecular formula is C7H11N. The number of rotatable bonds is 0. The zero-order valence-electron chi connectivity index (χ0n) is 4.98. The van der Waals surface area contributed by atoms with E-state index in [0.717, 1.165) is 12.0 Å². The normalized spacial score (nSPS) is 54.0. The minimum atomic E-state index is 0.716. The maximum absolute atomic E-state index is 3.68. The molecule has 3 rings (SSSR count). The van der Waals surface area contributed by atoms with Crippen LogP contribution in [0.3, 0.4) is 0 Å². The Morgan fingerprint density at radius 3 is 2.62 bits per heavy atom. The van der Waals surface area contributed by atoms with E-state index in [0.29, 0.717) is 5.54 Å². The van der Waals surface area contributed by atoms with Crippen molar-refractivity contribution in [3.63, 3.8) is 0 Å². The summed E-state index contributed by atoms with van der Waals surface area (Å²) in [5.41, 5.74) is 0.716. The number of fused-ring (bicyclic) bond motifs is 1. The van der Waals surface area contributed by atoms with Gasteiger partial charge in [-0.3, -0.25) is 0 Å². The largest absolute Gasteiger partial charge is 0.308 e. The van der Waals surface area contributed by atoms with E-state index in [4.69, 9.17) is 0 Å². The quantitative estimate of drug-likeness (QED) is 0.487. The molecule has 1 N–H and O–H groups in total. The number of piperidine rings is 1. The summed E-state index contributed by atoms with van der Waals surface area (Å²) in [4.78, 5) is 0. The Morgan fingerprint density at radius 2 is 2.25 bits per heavy atom. The van der Waals surface area contributed by atoms with Crippen molar-refractivity contribution in [2.45, 2.75) is 37.3 Å². The first kappa shape index (κ1) is 3.89. The van der Waals surface area contributed by atoms with Gasteiger partial charge in [-0.05, 0) is 31.6 Å². The van der Waals surface area contributed by atoms with Crippen LogP contribution in [0.2, 0.25) is 0 Å². The average Bonchev–Trinajstić information content (AvgIpc) is 2.58. The molecule has 1 nitrogen and oxygen atoms in total. The summed E-state index contributed by atoms with van der Waals surface area (Å²) in [5.74, 6) is 1.11. The van der Waals surface area contributed by atoms with Crippen LogP contribution in [0.15, 0.2) is 0 Å². The lowest BCUT2D eigenvalue weighted by Gasteiger charge is -2.07. The number of hydrogen-bond donors (Lipinski definition) is 1. The van der Waals surface area contributed by atoms with Gasteiger partial charge in [0.2, 0.25) is 0 Å². The van der Waals surface area contributed by atoms with Gasteiger partial charge in [-0.25, -0.2) is 0 Å². The maximum atomic E-state index is 3.68. The Hall–Kier alpha value is -0.0400. The SMILES string of the molecule is C1[C@H]2CC3(CC3)N[C@@H]12. The van der Waals surface area contributed by atoms with E-state index in [1.807, 2.05) is 0 Å². The molecule has 1 aliphatic heterocycles. The number of nitrogens with one attached hydrogen (secondary N) is 1. The highest BCUT2D eigenvalue weighted by atomic mass is 15.1. The fraction of sp³-hybridized carbons (Fsp3) is 1.00. The van der Waals surface area contributed by atoms with Crippen LogP contribution < -0.4 is 5.32 Å². The Balaban J connectivity index is 1.90. The Morgan fingerprint density at radius 1 is 1.38 bits per heavy atom. The third-order valence-corrected chi connectivity index (χ3v) is 2.92. The zero-order chi connectivity index (χ0) is 5.19. The van der Waals surface area contributed by atoms with Gasteiger partial charge in [0, 0.05) is 11.6 Å². The fourth-order valence-corrected chi connectivity index (χ4v) is 2.10. The van der Waals surface area contributed by atoms with E-state index in [2.05, 4.69) is 5.32 Å². The van der Waals surface area contributed by atoms with Crippen molar-refractivity contribution in [3.05, 3.63) is 0 Å². The first-order chi connectivity index (χ1) is 3.88. The molecule has 44 valence electrons. The molecule has 8 heavy (non-hydrogen) atoms. The molecular weight excluding hydrogens is 98.1 g/mol. The second-order valence-electron chi connectivity index (χ2n) is 3.73. The summed E-state index contributed by atoms with van der Waals surface area (Å²) in [6.45, 7) is 0. The van der Waals surface area contributed by atoms with E-state index in [1.54, 1.807) is 0 Å². The van der Waals surface area contributed by atoms with E-state index >= 15 is 0 Å². The predicted octanol–water partition coefficient (Wildman–Crippen LogP) is 0.901. The molecule has 0 unspecified atom stereocenters. The summed E-state index contributed by atoms with van der Waals surface area (Å²) < 4.78 is 0. The van der Waals surface area contributed by atoms with Gasteiger partial charge in [0.15, 0.2) is 0 Å². The van der Waals surface area contributed by atoms with Crippen molar-refractivity contribution in [2.24, 2.45) is 5.92 Å². The van der Waals surface area contributed by atoms with Crippen molar-refractivity contribution in [1.29, 1.82) is 0 Å². The molecule has 1 heteroatoms. The van der Waals surface area contributed by atoms with Crippen LogP contribution >= 0.6 is 0 Å². The van der Waals surface area contributed by atoms with Crippen molar-refractivity contribution in [1.82, 2.24) is 5.32 Å². The summed E-state index contributed by atoms with van der Waals surface area (Å²) in [5, 5.41) is 3.68. The van der Waals surface area contributed by atoms with Crippen LogP contribution in [0, 0.1) is 5.92 Å². The number of hydrogen-bond acceptors (Lipinski definition) is 1. The second kappa shape index (κ2) is 0.860. The smallest absolute Gasteiger partial charge is 0.0188 e. The summed E-state index contributed by atoms with van der Waals surface area (Å²) in [6.07, 6.45) is 5.94. The lowest BCUT2D eigenvalue weighted by molar-refractivity contribution is 0.528. The lowest BCUT2D eigenvalue weighted by Crippen LogP contribution is -2.26. The highest BCUT2D eigenvalue weighted by Gasteiger charge is 2.58. The minimum Gasteiger partial charge on any atom is -0.308 e. The van der Waals surface area contributed by atoms with Crippen LogP contribution in [0.4, 0.5) is 0 Å². The molecule has 0 aromatic carbocycles. The highest BCUT2D eigenvalue weighted by Crippen LogP contribution is 2.55. The molecule has 0 bridgehead atoms. The van der Waals surface area contributed by atoms with E-state index < -0.39 is 0 Å². The van der Waals surface area contributed by atoms with Gasteiger partial charge in [-0.15, -0.1) is 0 Å². The molecule has 0 radical (unpaired) electrons. The summed E-state index contributed by atoms with van der Waals surface area (Å²) in [7, 11) is 0. The molecule has 0 amide bonds. The van der Waals surface area contributed by atoms with Gasteiger partial charge in [0.25, 0.3) is 0 Å². The molecule has 3 aliphatic rings. The highest BCUT2D eigenvalue weighted by molar-refractivity contribution is 5.17. The first-order valence-corrected chi connectivity index (χ1v) is 3.66. The lowest BCUT2D eigenvalue weighted by atomic mass is 10.1. The van der Waals surface area contributed by atoms with Crippen molar-refractivity contribution < 1.29 is 0 Å². The van der Waals surface area contributed by atoms with E-state index in [-0.39, 0.29) is 0 Å². The zero-order valence-corrected chi connectivity index (χ0v) is 4.98.